The maximum absolute atomic E-state index is 14.1. The summed E-state index contributed by atoms with van der Waals surface area (Å²) in [6.07, 6.45) is 2.04. The van der Waals surface area contributed by atoms with Gasteiger partial charge in [0.1, 0.15) is 11.6 Å². The normalized spacial score (nSPS) is 14.1. The minimum absolute atomic E-state index is 0. The first-order chi connectivity index (χ1) is 15.8. The molecule has 3 aromatic rings. The topological polar surface area (TPSA) is 87.5 Å². The van der Waals surface area contributed by atoms with Crippen molar-refractivity contribution < 1.29 is 39.9 Å². The van der Waals surface area contributed by atoms with E-state index in [1.807, 2.05) is 27.7 Å². The van der Waals surface area contributed by atoms with E-state index in [9.17, 15) is 13.6 Å². The second kappa shape index (κ2) is 14.2. The van der Waals surface area contributed by atoms with Crippen LogP contribution in [0.4, 0.5) is 14.5 Å². The molecular formula is C24H30F2N6OU. The van der Waals surface area contributed by atoms with Gasteiger partial charge in [0, 0.05) is 17.5 Å². The molecule has 0 bridgehead atoms. The monoisotopic (exact) mass is 694 g/mol. The molecule has 7 nitrogen and oxygen atoms in total. The summed E-state index contributed by atoms with van der Waals surface area (Å²) in [7, 11) is 3.50. The Labute approximate surface area is 222 Å². The number of nitrogens with zero attached hydrogens (tertiary/aromatic N) is 5. The molecule has 0 aliphatic carbocycles. The van der Waals surface area contributed by atoms with E-state index in [0.717, 1.165) is 11.3 Å². The molecule has 0 spiro atoms. The van der Waals surface area contributed by atoms with Gasteiger partial charge in [0.05, 0.1) is 23.2 Å². The Bertz CT molecular complexity index is 1140. The number of anilines is 1. The predicted molar refractivity (Wildman–Crippen MR) is 131 cm³/mol. The van der Waals surface area contributed by atoms with Gasteiger partial charge in [-0.25, -0.2) is 13.5 Å². The zero-order valence-electron chi connectivity index (χ0n) is 20.3. The summed E-state index contributed by atoms with van der Waals surface area (Å²) in [4.78, 5) is 12.6. The molecule has 0 amide bonds. The third-order valence-electron chi connectivity index (χ3n) is 4.66. The molecule has 1 aromatic heterocycles. The van der Waals surface area contributed by atoms with Gasteiger partial charge in [-0.2, -0.15) is 19.2 Å². The predicted octanol–water partition coefficient (Wildman–Crippen LogP) is 5.93. The van der Waals surface area contributed by atoms with Crippen molar-refractivity contribution in [2.24, 2.45) is 5.10 Å². The molecule has 34 heavy (non-hydrogen) atoms. The van der Waals surface area contributed by atoms with Crippen LogP contribution in [0.25, 0.3) is 21.5 Å². The molecule has 0 fully saturated rings. The maximum Gasteiger partial charge on any atom is 2.00 e. The number of hydrogen-bond donors (Lipinski definition) is 1. The van der Waals surface area contributed by atoms with E-state index < -0.39 is 5.82 Å². The molecular weight excluding hydrogens is 664 g/mol. The van der Waals surface area contributed by atoms with Crippen LogP contribution in [-0.2, 0) is 6.42 Å². The van der Waals surface area contributed by atoms with Crippen molar-refractivity contribution in [3.8, 4) is 0 Å². The van der Waals surface area contributed by atoms with E-state index in [1.54, 1.807) is 26.2 Å². The summed E-state index contributed by atoms with van der Waals surface area (Å²) < 4.78 is 28.7. The van der Waals surface area contributed by atoms with Gasteiger partial charge in [-0.1, -0.05) is 26.0 Å². The SMILES string of the molecule is C1=N[N-]1.CC.CC(C)n1nc2c3c(cc(F)cc3c1=O)NC(c1ccc(F)cc1)C2.C[N-]C.[U+2]. The van der Waals surface area contributed by atoms with E-state index in [0.29, 0.717) is 22.9 Å². The maximum atomic E-state index is 14.1. The minimum atomic E-state index is -0.473. The van der Waals surface area contributed by atoms with E-state index in [4.69, 9.17) is 0 Å². The molecule has 0 radical (unpaired) electrons. The molecule has 2 aromatic carbocycles. The zero-order chi connectivity index (χ0) is 24.5. The average molecular weight is 695 g/mol. The average Bonchev–Trinajstić information content (AvgIpc) is 3.67. The van der Waals surface area contributed by atoms with Crippen molar-refractivity contribution in [2.75, 3.05) is 19.4 Å². The van der Waals surface area contributed by atoms with Crippen LogP contribution in [0.3, 0.4) is 0 Å². The summed E-state index contributed by atoms with van der Waals surface area (Å²) in [5.41, 5.74) is 5.13. The largest absolute Gasteiger partial charge is 2.00 e. The Morgan fingerprint density at radius 2 is 1.68 bits per heavy atom. The summed E-state index contributed by atoms with van der Waals surface area (Å²) in [5, 5.41) is 15.5. The van der Waals surface area contributed by atoms with Crippen LogP contribution in [0.1, 0.15) is 51.0 Å². The minimum Gasteiger partial charge on any atom is -0.668 e. The van der Waals surface area contributed by atoms with Crippen LogP contribution in [0, 0.1) is 42.7 Å². The molecule has 1 N–H and O–H groups in total. The van der Waals surface area contributed by atoms with Gasteiger partial charge in [-0.05, 0) is 43.7 Å². The van der Waals surface area contributed by atoms with Gasteiger partial charge < -0.3 is 21.2 Å². The number of aromatic nitrogens is 2. The molecule has 1 unspecified atom stereocenters. The van der Waals surface area contributed by atoms with E-state index in [1.165, 1.54) is 35.3 Å². The number of nitrogens with one attached hydrogen (secondary N) is 1. The number of hydrogen-bond acceptors (Lipinski definition) is 4. The van der Waals surface area contributed by atoms with Gasteiger partial charge in [0.2, 0.25) is 0 Å². The Morgan fingerprint density at radius 3 is 2.18 bits per heavy atom. The fourth-order valence-corrected chi connectivity index (χ4v) is 3.37. The van der Waals surface area contributed by atoms with Crippen molar-refractivity contribution in [3.63, 3.8) is 0 Å². The van der Waals surface area contributed by atoms with Gasteiger partial charge >= 0.3 is 31.1 Å². The smallest absolute Gasteiger partial charge is 0.668 e. The van der Waals surface area contributed by atoms with Crippen molar-refractivity contribution in [1.82, 2.24) is 9.78 Å². The summed E-state index contributed by atoms with van der Waals surface area (Å²) >= 11 is 0. The Balaban J connectivity index is 0.000000562. The van der Waals surface area contributed by atoms with Crippen LogP contribution in [-0.4, -0.2) is 30.2 Å². The molecule has 180 valence electrons. The molecule has 2 aliphatic heterocycles. The van der Waals surface area contributed by atoms with E-state index in [-0.39, 0.29) is 54.6 Å². The van der Waals surface area contributed by atoms with Gasteiger partial charge in [0.15, 0.2) is 0 Å². The van der Waals surface area contributed by atoms with Gasteiger partial charge in [-0.3, -0.25) is 4.79 Å². The van der Waals surface area contributed by atoms with E-state index >= 15 is 0 Å². The second-order valence-electron chi connectivity index (χ2n) is 7.41. The van der Waals surface area contributed by atoms with Crippen LogP contribution in [0.5, 0.6) is 0 Å². The molecule has 1 atom stereocenters. The zero-order valence-corrected chi connectivity index (χ0v) is 24.5. The first kappa shape index (κ1) is 29.8. The van der Waals surface area contributed by atoms with E-state index in [2.05, 4.69) is 26.3 Å². The third-order valence-corrected chi connectivity index (χ3v) is 4.66. The molecule has 2 aliphatic rings. The fourth-order valence-electron chi connectivity index (χ4n) is 3.37. The Morgan fingerprint density at radius 1 is 1.12 bits per heavy atom. The Hall–Kier alpha value is -2.28. The van der Waals surface area contributed by atoms with Crippen molar-refractivity contribution in [1.29, 1.82) is 0 Å². The number of rotatable bonds is 2. The molecule has 0 saturated carbocycles. The number of benzene rings is 2. The molecule has 0 saturated heterocycles. The van der Waals surface area contributed by atoms with Crippen molar-refractivity contribution in [2.45, 2.75) is 46.2 Å². The first-order valence-electron chi connectivity index (χ1n) is 10.8. The van der Waals surface area contributed by atoms with Crippen molar-refractivity contribution >= 4 is 22.8 Å². The fraction of sp³-hybridized carbons (Fsp3) is 0.375. The van der Waals surface area contributed by atoms with Crippen LogP contribution in [0.2, 0.25) is 0 Å². The third kappa shape index (κ3) is 7.62. The Kier molecular flexibility index (Phi) is 12.4. The molecule has 3 heterocycles. The van der Waals surface area contributed by atoms with Crippen molar-refractivity contribution in [3.05, 3.63) is 80.4 Å². The summed E-state index contributed by atoms with van der Waals surface area (Å²) in [5.74, 6) is -0.779. The molecule has 5 rings (SSSR count). The van der Waals surface area contributed by atoms with Gasteiger partial charge in [0.25, 0.3) is 5.56 Å². The van der Waals surface area contributed by atoms with Crippen LogP contribution in [0.15, 0.2) is 46.3 Å². The second-order valence-corrected chi connectivity index (χ2v) is 7.41. The summed E-state index contributed by atoms with van der Waals surface area (Å²) in [6, 6.07) is 8.56. The molecule has 10 heteroatoms. The van der Waals surface area contributed by atoms with Crippen LogP contribution >= 0.6 is 0 Å². The number of halogens is 2. The van der Waals surface area contributed by atoms with Crippen LogP contribution < -0.4 is 10.9 Å². The summed E-state index contributed by atoms with van der Waals surface area (Å²) in [6.45, 7) is 7.73. The van der Waals surface area contributed by atoms with Gasteiger partial charge in [-0.15, -0.1) is 6.34 Å². The standard InChI is InChI=1S/C19H17F2N3O.C2H6N.C2H6.CHN2.U/c1-10(2)24-19(25)14-7-13(21)8-16-18(14)17(23-24)9-15(22-16)11-3-5-12(20)6-4-11;1-3-2;1-2;1-2-3-1;/h3-8,10,15,22H,9H2,1-2H3;1-2H3;1-2H3;1H;/q;-1;;-1;+2. The first-order valence-corrected chi connectivity index (χ1v) is 10.8. The quantitative estimate of drug-likeness (QED) is 0.361.